The van der Waals surface area contributed by atoms with Crippen LogP contribution in [0.15, 0.2) is 42.6 Å². The maximum Gasteiger partial charge on any atom is 0.123 e. The van der Waals surface area contributed by atoms with E-state index in [9.17, 15) is 9.50 Å². The lowest BCUT2D eigenvalue weighted by Gasteiger charge is -2.50. The van der Waals surface area contributed by atoms with Crippen LogP contribution in [-0.2, 0) is 11.8 Å². The Hall–Kier alpha value is -2.20. The summed E-state index contributed by atoms with van der Waals surface area (Å²) in [4.78, 5) is 0. The zero-order chi connectivity index (χ0) is 21.6. The molecule has 1 aromatic heterocycles. The molecule has 1 heterocycles. The summed E-state index contributed by atoms with van der Waals surface area (Å²) in [5.41, 5.74) is 4.56. The predicted octanol–water partition coefficient (Wildman–Crippen LogP) is 6.48. The molecule has 2 aliphatic rings. The molecule has 0 saturated heterocycles. The summed E-state index contributed by atoms with van der Waals surface area (Å²) in [7, 11) is 0. The molecule has 0 aliphatic heterocycles. The maximum atomic E-state index is 13.4. The van der Waals surface area contributed by atoms with Crippen molar-refractivity contribution >= 4 is 10.9 Å². The third kappa shape index (κ3) is 3.40. The number of hydrogen-bond acceptors (Lipinski definition) is 2. The quantitative estimate of drug-likeness (QED) is 0.524. The van der Waals surface area contributed by atoms with Crippen LogP contribution in [0.3, 0.4) is 0 Å². The van der Waals surface area contributed by atoms with Crippen molar-refractivity contribution in [2.24, 2.45) is 5.92 Å². The normalized spacial score (nSPS) is 28.2. The third-order valence-corrected chi connectivity index (χ3v) is 8.19. The van der Waals surface area contributed by atoms with Crippen molar-refractivity contribution in [3.63, 3.8) is 0 Å². The average molecular weight is 421 g/mol. The summed E-state index contributed by atoms with van der Waals surface area (Å²) in [6, 6.07) is 11.3. The van der Waals surface area contributed by atoms with E-state index in [0.29, 0.717) is 5.92 Å². The molecule has 3 atom stereocenters. The van der Waals surface area contributed by atoms with Gasteiger partial charge in [-0.3, -0.25) is 0 Å². The summed E-state index contributed by atoms with van der Waals surface area (Å²) >= 11 is 0. The van der Waals surface area contributed by atoms with Crippen LogP contribution in [0.2, 0.25) is 0 Å². The molecule has 31 heavy (non-hydrogen) atoms. The van der Waals surface area contributed by atoms with E-state index in [1.807, 2.05) is 10.9 Å². The molecule has 2 aromatic carbocycles. The highest BCUT2D eigenvalue weighted by Gasteiger charge is 2.49. The minimum absolute atomic E-state index is 0.151. The van der Waals surface area contributed by atoms with Crippen LogP contribution in [-0.4, -0.2) is 20.5 Å². The molecule has 1 N–H and O–H groups in total. The van der Waals surface area contributed by atoms with E-state index in [-0.39, 0.29) is 11.2 Å². The van der Waals surface area contributed by atoms with Gasteiger partial charge in [0.05, 0.1) is 23.0 Å². The first-order valence-corrected chi connectivity index (χ1v) is 12.0. The Kier molecular flexibility index (Phi) is 5.16. The molecule has 0 spiro atoms. The van der Waals surface area contributed by atoms with Crippen molar-refractivity contribution in [3.05, 3.63) is 59.5 Å². The van der Waals surface area contributed by atoms with Gasteiger partial charge in [0, 0.05) is 5.39 Å². The summed E-state index contributed by atoms with van der Waals surface area (Å²) in [5, 5.41) is 17.0. The van der Waals surface area contributed by atoms with Crippen LogP contribution in [0.25, 0.3) is 16.6 Å². The topological polar surface area (TPSA) is 38.1 Å². The Morgan fingerprint density at radius 1 is 1.16 bits per heavy atom. The lowest BCUT2D eigenvalue weighted by atomic mass is 9.56. The van der Waals surface area contributed by atoms with Crippen molar-refractivity contribution in [2.45, 2.75) is 82.7 Å². The van der Waals surface area contributed by atoms with Gasteiger partial charge in [-0.1, -0.05) is 20.3 Å². The van der Waals surface area contributed by atoms with E-state index in [1.165, 1.54) is 29.7 Å². The molecule has 5 rings (SSSR count). The van der Waals surface area contributed by atoms with Gasteiger partial charge in [0.15, 0.2) is 0 Å². The first-order chi connectivity index (χ1) is 15.0. The Bertz CT molecular complexity index is 1090. The van der Waals surface area contributed by atoms with Gasteiger partial charge in [-0.2, -0.15) is 5.10 Å². The number of aliphatic hydroxyl groups is 1. The number of nitrogens with zero attached hydrogens (tertiary/aromatic N) is 2. The first-order valence-electron chi connectivity index (χ1n) is 12.0. The summed E-state index contributed by atoms with van der Waals surface area (Å²) in [6.45, 7) is 4.51. The fourth-order valence-corrected chi connectivity index (χ4v) is 6.61. The van der Waals surface area contributed by atoms with Gasteiger partial charge in [0.1, 0.15) is 5.82 Å². The molecule has 3 aromatic rings. The lowest BCUT2D eigenvalue weighted by molar-refractivity contribution is -0.0541. The van der Waals surface area contributed by atoms with Gasteiger partial charge >= 0.3 is 0 Å². The predicted molar refractivity (Wildman–Crippen MR) is 123 cm³/mol. The van der Waals surface area contributed by atoms with E-state index in [2.05, 4.69) is 31.1 Å². The zero-order valence-electron chi connectivity index (χ0n) is 18.7. The molecule has 1 fully saturated rings. The van der Waals surface area contributed by atoms with Gasteiger partial charge in [-0.05, 0) is 110 Å². The molecule has 1 saturated carbocycles. The first kappa shape index (κ1) is 20.7. The highest BCUT2D eigenvalue weighted by Crippen LogP contribution is 2.54. The van der Waals surface area contributed by atoms with Crippen molar-refractivity contribution < 1.29 is 9.50 Å². The van der Waals surface area contributed by atoms with E-state index in [0.717, 1.165) is 68.0 Å². The van der Waals surface area contributed by atoms with Crippen molar-refractivity contribution in [1.29, 1.82) is 0 Å². The molecule has 0 unspecified atom stereocenters. The van der Waals surface area contributed by atoms with Crippen LogP contribution in [0, 0.1) is 11.7 Å². The lowest BCUT2D eigenvalue weighted by Crippen LogP contribution is -2.47. The van der Waals surface area contributed by atoms with Gasteiger partial charge in [-0.25, -0.2) is 9.07 Å². The minimum atomic E-state index is -0.486. The van der Waals surface area contributed by atoms with E-state index < -0.39 is 5.60 Å². The summed E-state index contributed by atoms with van der Waals surface area (Å²) < 4.78 is 15.3. The van der Waals surface area contributed by atoms with Crippen molar-refractivity contribution in [1.82, 2.24) is 9.78 Å². The van der Waals surface area contributed by atoms with Crippen LogP contribution < -0.4 is 0 Å². The maximum absolute atomic E-state index is 13.4. The molecule has 3 nitrogen and oxygen atoms in total. The largest absolute Gasteiger partial charge is 0.390 e. The number of fused-ring (bicyclic) bond motifs is 4. The molecular formula is C27H33FN2O. The molecule has 0 radical (unpaired) electrons. The highest BCUT2D eigenvalue weighted by atomic mass is 19.1. The van der Waals surface area contributed by atoms with E-state index in [4.69, 9.17) is 0 Å². The van der Waals surface area contributed by atoms with Gasteiger partial charge in [-0.15, -0.1) is 0 Å². The number of aromatic nitrogens is 2. The van der Waals surface area contributed by atoms with E-state index >= 15 is 0 Å². The number of halogens is 1. The number of benzene rings is 2. The average Bonchev–Trinajstić information content (AvgIpc) is 3.10. The molecule has 164 valence electrons. The second-order valence-electron chi connectivity index (χ2n) is 9.88. The fourth-order valence-electron chi connectivity index (χ4n) is 6.61. The van der Waals surface area contributed by atoms with Gasteiger partial charge in [0.25, 0.3) is 0 Å². The smallest absolute Gasteiger partial charge is 0.123 e. The second-order valence-corrected chi connectivity index (χ2v) is 9.88. The van der Waals surface area contributed by atoms with Crippen molar-refractivity contribution in [2.75, 3.05) is 0 Å². The van der Waals surface area contributed by atoms with Crippen LogP contribution in [0.5, 0.6) is 0 Å². The highest BCUT2D eigenvalue weighted by molar-refractivity contribution is 5.82. The number of aryl methyl sites for hydroxylation is 1. The molecular weight excluding hydrogens is 387 g/mol. The van der Waals surface area contributed by atoms with Crippen LogP contribution >= 0.6 is 0 Å². The molecule has 4 heteroatoms. The SMILES string of the molecule is CCC[C@]1(O)CC[C@@]2(CC)c3cc4cnn(-c5ccc(F)cc5)c4cc3CCC[C@@H]2C1. The van der Waals surface area contributed by atoms with Crippen molar-refractivity contribution in [3.8, 4) is 5.69 Å². The van der Waals surface area contributed by atoms with Crippen LogP contribution in [0.4, 0.5) is 4.39 Å². The summed E-state index contributed by atoms with van der Waals surface area (Å²) in [5.74, 6) is 0.305. The Morgan fingerprint density at radius 2 is 1.97 bits per heavy atom. The standard InChI is InChI=1S/C27H33FN2O/c1-3-12-26(31)13-14-27(4-2)21(17-26)7-5-6-19-16-25-20(15-24(19)27)18-29-30(25)23-10-8-22(28)9-11-23/h8-11,15-16,18,21,31H,3-7,12-14,17H2,1-2H3/t21-,26+,27-/m1/s1. The summed E-state index contributed by atoms with van der Waals surface area (Å²) in [6.07, 6.45) is 11.3. The second kappa shape index (κ2) is 7.74. The minimum Gasteiger partial charge on any atom is -0.390 e. The van der Waals surface area contributed by atoms with E-state index in [1.54, 1.807) is 12.1 Å². The monoisotopic (exact) mass is 420 g/mol. The van der Waals surface area contributed by atoms with Gasteiger partial charge < -0.3 is 5.11 Å². The third-order valence-electron chi connectivity index (χ3n) is 8.19. The van der Waals surface area contributed by atoms with Crippen LogP contribution in [0.1, 0.15) is 76.3 Å². The molecule has 2 aliphatic carbocycles. The molecule has 0 bridgehead atoms. The van der Waals surface area contributed by atoms with Gasteiger partial charge in [0.2, 0.25) is 0 Å². The fraction of sp³-hybridized carbons (Fsp3) is 0.519. The Morgan fingerprint density at radius 3 is 2.71 bits per heavy atom. The number of hydrogen-bond donors (Lipinski definition) is 1. The zero-order valence-corrected chi connectivity index (χ0v) is 18.7. The Balaban J connectivity index is 1.60. The Labute approximate surface area is 184 Å². The number of rotatable bonds is 4. The molecule has 0 amide bonds.